The number of hydrogen-bond acceptors (Lipinski definition) is 4. The summed E-state index contributed by atoms with van der Waals surface area (Å²) in [4.78, 5) is 15.1. The monoisotopic (exact) mass is 689 g/mol. The van der Waals surface area contributed by atoms with Gasteiger partial charge in [0.2, 0.25) is 0 Å². The molecular weight excluding hydrogens is 654 g/mol. The summed E-state index contributed by atoms with van der Waals surface area (Å²) in [6, 6.07) is 62.5. The van der Waals surface area contributed by atoms with Gasteiger partial charge >= 0.3 is 0 Å². The van der Waals surface area contributed by atoms with Gasteiger partial charge in [-0.1, -0.05) is 146 Å². The van der Waals surface area contributed by atoms with E-state index in [1.807, 2.05) is 78.9 Å². The SMILES string of the molecule is CP(C)(=O)c1cccc(-c2cccc(-c3nc(-c4ccccc4)nc(-c4cccc(-c5cc(-c6ccccc6)cc(-c6ccccc6)c5)c4)n3)c2)c1. The summed E-state index contributed by atoms with van der Waals surface area (Å²) in [5, 5.41) is 0.856. The zero-order chi connectivity index (χ0) is 35.5. The van der Waals surface area contributed by atoms with Gasteiger partial charge in [-0.15, -0.1) is 0 Å². The Morgan fingerprint density at radius 1 is 0.308 bits per heavy atom. The normalized spacial score (nSPS) is 11.3. The summed E-state index contributed by atoms with van der Waals surface area (Å²) in [5.74, 6) is 1.79. The lowest BCUT2D eigenvalue weighted by Crippen LogP contribution is -2.02. The van der Waals surface area contributed by atoms with Crippen molar-refractivity contribution in [3.63, 3.8) is 0 Å². The fourth-order valence-electron chi connectivity index (χ4n) is 6.44. The van der Waals surface area contributed by atoms with E-state index in [2.05, 4.69) is 103 Å². The topological polar surface area (TPSA) is 55.7 Å². The van der Waals surface area contributed by atoms with Crippen LogP contribution in [0.15, 0.2) is 182 Å². The second kappa shape index (κ2) is 14.2. The molecule has 0 aliphatic carbocycles. The molecule has 0 atom stereocenters. The van der Waals surface area contributed by atoms with Gasteiger partial charge in [0.1, 0.15) is 7.14 Å². The minimum Gasteiger partial charge on any atom is -0.319 e. The van der Waals surface area contributed by atoms with Crippen LogP contribution in [0.1, 0.15) is 0 Å². The van der Waals surface area contributed by atoms with E-state index < -0.39 is 7.14 Å². The van der Waals surface area contributed by atoms with Crippen molar-refractivity contribution in [2.24, 2.45) is 0 Å². The smallest absolute Gasteiger partial charge is 0.164 e. The summed E-state index contributed by atoms with van der Waals surface area (Å²) >= 11 is 0. The van der Waals surface area contributed by atoms with E-state index in [-0.39, 0.29) is 0 Å². The maximum absolute atomic E-state index is 12.9. The van der Waals surface area contributed by atoms with Gasteiger partial charge in [-0.25, -0.2) is 15.0 Å². The molecule has 0 aliphatic heterocycles. The number of aromatic nitrogens is 3. The first kappa shape index (κ1) is 33.0. The molecule has 0 aliphatic rings. The third-order valence-electron chi connectivity index (χ3n) is 9.19. The van der Waals surface area contributed by atoms with E-state index in [1.54, 1.807) is 13.3 Å². The maximum Gasteiger partial charge on any atom is 0.164 e. The van der Waals surface area contributed by atoms with E-state index in [4.69, 9.17) is 15.0 Å². The van der Waals surface area contributed by atoms with Gasteiger partial charge in [0, 0.05) is 22.0 Å². The Labute approximate surface area is 305 Å². The molecule has 0 bridgehead atoms. The third-order valence-corrected chi connectivity index (χ3v) is 10.7. The van der Waals surface area contributed by atoms with Crippen LogP contribution in [0.4, 0.5) is 0 Å². The van der Waals surface area contributed by atoms with Gasteiger partial charge in [-0.05, 0) is 94.2 Å². The Hall–Kier alpha value is -6.22. The highest BCUT2D eigenvalue weighted by molar-refractivity contribution is 7.70. The van der Waals surface area contributed by atoms with Crippen LogP contribution < -0.4 is 5.30 Å². The summed E-state index contributed by atoms with van der Waals surface area (Å²) in [7, 11) is -2.41. The molecule has 0 saturated heterocycles. The molecule has 5 heteroatoms. The molecule has 0 N–H and O–H groups in total. The van der Waals surface area contributed by atoms with E-state index in [0.29, 0.717) is 17.5 Å². The molecule has 1 aromatic heterocycles. The molecule has 8 rings (SSSR count). The lowest BCUT2D eigenvalue weighted by atomic mass is 9.93. The predicted octanol–water partition coefficient (Wildman–Crippen LogP) is 11.8. The molecule has 0 spiro atoms. The van der Waals surface area contributed by atoms with Crippen molar-refractivity contribution >= 4 is 12.4 Å². The Bertz CT molecular complexity index is 2510. The number of benzene rings is 7. The van der Waals surface area contributed by atoms with Crippen molar-refractivity contribution in [3.8, 4) is 78.7 Å². The summed E-state index contributed by atoms with van der Waals surface area (Å²) in [6.45, 7) is 3.61. The first-order valence-electron chi connectivity index (χ1n) is 17.3. The number of hydrogen-bond donors (Lipinski definition) is 0. The average molecular weight is 690 g/mol. The highest BCUT2D eigenvalue weighted by Gasteiger charge is 2.16. The first-order valence-corrected chi connectivity index (χ1v) is 19.9. The fourth-order valence-corrected chi connectivity index (χ4v) is 7.33. The number of rotatable bonds is 8. The summed E-state index contributed by atoms with van der Waals surface area (Å²) in [6.07, 6.45) is 0. The van der Waals surface area contributed by atoms with Crippen molar-refractivity contribution in [1.29, 1.82) is 0 Å². The summed E-state index contributed by atoms with van der Waals surface area (Å²) in [5.41, 5.74) is 11.5. The Kier molecular flexibility index (Phi) is 8.99. The van der Waals surface area contributed by atoms with Crippen LogP contribution in [0, 0.1) is 0 Å². The van der Waals surface area contributed by atoms with Crippen LogP contribution in [-0.2, 0) is 4.57 Å². The molecule has 52 heavy (non-hydrogen) atoms. The van der Waals surface area contributed by atoms with E-state index in [9.17, 15) is 4.57 Å². The zero-order valence-electron chi connectivity index (χ0n) is 29.0. The van der Waals surface area contributed by atoms with Crippen molar-refractivity contribution in [1.82, 2.24) is 15.0 Å². The van der Waals surface area contributed by atoms with Crippen LogP contribution in [0.25, 0.3) is 78.7 Å². The van der Waals surface area contributed by atoms with Gasteiger partial charge in [-0.3, -0.25) is 0 Å². The zero-order valence-corrected chi connectivity index (χ0v) is 29.9. The first-order chi connectivity index (χ1) is 25.4. The minimum atomic E-state index is -2.41. The lowest BCUT2D eigenvalue weighted by molar-refractivity contribution is 0.588. The highest BCUT2D eigenvalue weighted by atomic mass is 31.2. The van der Waals surface area contributed by atoms with E-state index in [0.717, 1.165) is 55.4 Å². The van der Waals surface area contributed by atoms with Crippen LogP contribution in [0.3, 0.4) is 0 Å². The van der Waals surface area contributed by atoms with Gasteiger partial charge in [-0.2, -0.15) is 0 Å². The molecule has 0 saturated carbocycles. The second-order valence-electron chi connectivity index (χ2n) is 13.3. The Balaban J connectivity index is 1.24. The van der Waals surface area contributed by atoms with Crippen LogP contribution in [0.2, 0.25) is 0 Å². The second-order valence-corrected chi connectivity index (χ2v) is 16.5. The van der Waals surface area contributed by atoms with Gasteiger partial charge in [0.15, 0.2) is 17.5 Å². The molecule has 8 aromatic rings. The van der Waals surface area contributed by atoms with Crippen molar-refractivity contribution in [2.45, 2.75) is 0 Å². The molecule has 0 fully saturated rings. The van der Waals surface area contributed by atoms with Gasteiger partial charge in [0.25, 0.3) is 0 Å². The minimum absolute atomic E-state index is 0.585. The molecular formula is C47H36N3OP. The maximum atomic E-state index is 12.9. The molecule has 0 unspecified atom stereocenters. The molecule has 0 radical (unpaired) electrons. The summed E-state index contributed by atoms with van der Waals surface area (Å²) < 4.78 is 12.9. The highest BCUT2D eigenvalue weighted by Crippen LogP contribution is 2.37. The molecule has 0 amide bonds. The quantitative estimate of drug-likeness (QED) is 0.149. The molecule has 4 nitrogen and oxygen atoms in total. The Morgan fingerprint density at radius 2 is 0.615 bits per heavy atom. The predicted molar refractivity (Wildman–Crippen MR) is 217 cm³/mol. The van der Waals surface area contributed by atoms with Crippen molar-refractivity contribution in [2.75, 3.05) is 13.3 Å². The Morgan fingerprint density at radius 3 is 1.08 bits per heavy atom. The van der Waals surface area contributed by atoms with Crippen LogP contribution >= 0.6 is 7.14 Å². The largest absolute Gasteiger partial charge is 0.319 e. The average Bonchev–Trinajstić information content (AvgIpc) is 3.21. The molecule has 1 heterocycles. The van der Waals surface area contributed by atoms with Crippen molar-refractivity contribution < 1.29 is 4.57 Å². The van der Waals surface area contributed by atoms with E-state index >= 15 is 0 Å². The molecule has 7 aromatic carbocycles. The lowest BCUT2D eigenvalue weighted by Gasteiger charge is -2.13. The van der Waals surface area contributed by atoms with E-state index in [1.165, 1.54) is 11.1 Å². The fraction of sp³-hybridized carbons (Fsp3) is 0.0426. The molecule has 250 valence electrons. The van der Waals surface area contributed by atoms with Gasteiger partial charge < -0.3 is 4.57 Å². The van der Waals surface area contributed by atoms with Crippen LogP contribution in [-0.4, -0.2) is 28.3 Å². The van der Waals surface area contributed by atoms with Gasteiger partial charge in [0.05, 0.1) is 0 Å². The third kappa shape index (κ3) is 7.16. The standard InChI is InChI=1S/C47H36N3OP/c1-52(2,51)44-26-14-23-38(32-44)36-21-12-24-39(27-36)46-48-45(35-19-10-5-11-20-35)49-47(50-46)40-25-13-22-37(28-40)43-30-41(33-15-6-3-7-16-33)29-42(31-43)34-17-8-4-9-18-34/h3-32H,1-2H3. The van der Waals surface area contributed by atoms with Crippen LogP contribution in [0.5, 0.6) is 0 Å². The number of nitrogens with zero attached hydrogens (tertiary/aromatic N) is 3. The van der Waals surface area contributed by atoms with Crippen molar-refractivity contribution in [3.05, 3.63) is 182 Å².